The molecule has 0 atom stereocenters. The molecular weight excluding hydrogens is 356 g/mol. The summed E-state index contributed by atoms with van der Waals surface area (Å²) in [6, 6.07) is 0.519. The summed E-state index contributed by atoms with van der Waals surface area (Å²) in [5.41, 5.74) is 8.47. The van der Waals surface area contributed by atoms with Crippen LogP contribution in [0.2, 0.25) is 0 Å². The lowest BCUT2D eigenvalue weighted by Crippen LogP contribution is -2.22. The summed E-state index contributed by atoms with van der Waals surface area (Å²) in [4.78, 5) is 9.75. The lowest BCUT2D eigenvalue weighted by molar-refractivity contribution is 0.518. The molecule has 1 heterocycles. The van der Waals surface area contributed by atoms with E-state index in [2.05, 4.69) is 10.3 Å². The van der Waals surface area contributed by atoms with Crippen molar-refractivity contribution in [3.8, 4) is 0 Å². The highest BCUT2D eigenvalue weighted by atomic mass is 15.1. The van der Waals surface area contributed by atoms with Crippen molar-refractivity contribution in [2.45, 2.75) is 134 Å². The summed E-state index contributed by atoms with van der Waals surface area (Å²) in [5.74, 6) is 1.40. The molecule has 0 saturated heterocycles. The van der Waals surface area contributed by atoms with E-state index in [1.165, 1.54) is 121 Å². The average molecular weight is 401 g/mol. The third-order valence-corrected chi connectivity index (χ3v) is 7.05. The molecule has 3 N–H and O–H groups in total. The molecule has 0 spiro atoms. The van der Waals surface area contributed by atoms with Crippen molar-refractivity contribution in [1.29, 1.82) is 0 Å². The highest BCUT2D eigenvalue weighted by Crippen LogP contribution is 2.31. The Labute approximate surface area is 178 Å². The summed E-state index contributed by atoms with van der Waals surface area (Å²) in [7, 11) is 0. The van der Waals surface area contributed by atoms with Crippen molar-refractivity contribution >= 4 is 5.95 Å². The molecule has 0 aliphatic heterocycles. The van der Waals surface area contributed by atoms with Crippen LogP contribution in [-0.4, -0.2) is 16.0 Å². The molecule has 3 rings (SSSR count). The third kappa shape index (κ3) is 7.88. The fraction of sp³-hybridized carbons (Fsp3) is 0.840. The lowest BCUT2D eigenvalue weighted by Gasteiger charge is -2.22. The van der Waals surface area contributed by atoms with Gasteiger partial charge in [0.25, 0.3) is 0 Å². The fourth-order valence-electron chi connectivity index (χ4n) is 5.22. The zero-order chi connectivity index (χ0) is 20.2. The Balaban J connectivity index is 1.68. The normalized spacial score (nSPS) is 22.1. The van der Waals surface area contributed by atoms with E-state index < -0.39 is 0 Å². The molecule has 4 heteroatoms. The Morgan fingerprint density at radius 1 is 0.724 bits per heavy atom. The van der Waals surface area contributed by atoms with Crippen LogP contribution in [-0.2, 0) is 6.54 Å². The second kappa shape index (κ2) is 13.2. The van der Waals surface area contributed by atoms with Crippen molar-refractivity contribution in [3.05, 3.63) is 17.5 Å². The Kier molecular flexibility index (Phi) is 10.3. The highest BCUT2D eigenvalue weighted by Gasteiger charge is 2.20. The minimum atomic E-state index is 0.519. The second-order valence-corrected chi connectivity index (χ2v) is 9.45. The van der Waals surface area contributed by atoms with E-state index in [1.807, 2.05) is 6.20 Å². The number of hydrogen-bond donors (Lipinski definition) is 2. The van der Waals surface area contributed by atoms with Gasteiger partial charge in [0.2, 0.25) is 5.95 Å². The second-order valence-electron chi connectivity index (χ2n) is 9.45. The summed E-state index contributed by atoms with van der Waals surface area (Å²) < 4.78 is 0. The van der Waals surface area contributed by atoms with Gasteiger partial charge in [0.15, 0.2) is 0 Å². The van der Waals surface area contributed by atoms with Gasteiger partial charge in [-0.25, -0.2) is 9.97 Å². The highest BCUT2D eigenvalue weighted by molar-refractivity contribution is 5.32. The molecule has 0 amide bonds. The van der Waals surface area contributed by atoms with Crippen LogP contribution in [0, 0.1) is 0 Å². The molecule has 0 bridgehead atoms. The van der Waals surface area contributed by atoms with Gasteiger partial charge in [-0.1, -0.05) is 89.9 Å². The van der Waals surface area contributed by atoms with Crippen LogP contribution in [0.3, 0.4) is 0 Å². The quantitative estimate of drug-likeness (QED) is 0.580. The standard InChI is InChI=1S/C25H44N4/c26-19-22-20-27-25(28-23-17-13-9-3-1-2-4-10-14-18-23)29-24(22)21-15-11-7-5-6-8-12-16-21/h20-21,23H,1-19,26H2,(H,27,28,29). The third-order valence-electron chi connectivity index (χ3n) is 7.05. The topological polar surface area (TPSA) is 63.8 Å². The fourth-order valence-corrected chi connectivity index (χ4v) is 5.22. The smallest absolute Gasteiger partial charge is 0.223 e. The van der Waals surface area contributed by atoms with Crippen molar-refractivity contribution < 1.29 is 0 Å². The zero-order valence-corrected chi connectivity index (χ0v) is 18.6. The van der Waals surface area contributed by atoms with Crippen molar-refractivity contribution in [3.63, 3.8) is 0 Å². The van der Waals surface area contributed by atoms with Gasteiger partial charge in [-0.15, -0.1) is 0 Å². The number of nitrogens with two attached hydrogens (primary N) is 1. The molecular formula is C25H44N4. The molecule has 2 aliphatic carbocycles. The summed E-state index contributed by atoms with van der Waals surface area (Å²) >= 11 is 0. The first kappa shape index (κ1) is 22.5. The zero-order valence-electron chi connectivity index (χ0n) is 18.6. The summed E-state index contributed by atoms with van der Waals surface area (Å²) in [6.07, 6.45) is 26.2. The Bertz CT molecular complexity index is 552. The predicted molar refractivity (Wildman–Crippen MR) is 123 cm³/mol. The van der Waals surface area contributed by atoms with E-state index in [1.54, 1.807) is 0 Å². The first-order chi connectivity index (χ1) is 14.4. The molecule has 0 unspecified atom stereocenters. The van der Waals surface area contributed by atoms with Crippen LogP contribution in [0.5, 0.6) is 0 Å². The lowest BCUT2D eigenvalue weighted by atomic mass is 9.91. The van der Waals surface area contributed by atoms with Gasteiger partial charge < -0.3 is 11.1 Å². The van der Waals surface area contributed by atoms with Crippen molar-refractivity contribution in [1.82, 2.24) is 9.97 Å². The van der Waals surface area contributed by atoms with Gasteiger partial charge in [0.05, 0.1) is 5.69 Å². The molecule has 2 aliphatic rings. The summed E-state index contributed by atoms with van der Waals surface area (Å²) in [6.45, 7) is 0.551. The minimum Gasteiger partial charge on any atom is -0.351 e. The Morgan fingerprint density at radius 2 is 1.21 bits per heavy atom. The van der Waals surface area contributed by atoms with Crippen molar-refractivity contribution in [2.24, 2.45) is 5.73 Å². The van der Waals surface area contributed by atoms with Crippen LogP contribution >= 0.6 is 0 Å². The maximum absolute atomic E-state index is 6.08. The average Bonchev–Trinajstić information content (AvgIpc) is 2.84. The largest absolute Gasteiger partial charge is 0.351 e. The maximum atomic E-state index is 6.08. The first-order valence-electron chi connectivity index (χ1n) is 12.7. The van der Waals surface area contributed by atoms with Gasteiger partial charge in [-0.2, -0.15) is 0 Å². The van der Waals surface area contributed by atoms with E-state index in [4.69, 9.17) is 10.7 Å². The van der Waals surface area contributed by atoms with E-state index >= 15 is 0 Å². The van der Waals surface area contributed by atoms with Gasteiger partial charge in [-0.3, -0.25) is 0 Å². The van der Waals surface area contributed by atoms with Crippen LogP contribution in [0.15, 0.2) is 6.20 Å². The monoisotopic (exact) mass is 400 g/mol. The van der Waals surface area contributed by atoms with Crippen LogP contribution in [0.4, 0.5) is 5.95 Å². The number of aromatic nitrogens is 2. The van der Waals surface area contributed by atoms with Crippen LogP contribution < -0.4 is 11.1 Å². The number of rotatable bonds is 4. The Morgan fingerprint density at radius 3 is 1.72 bits per heavy atom. The van der Waals surface area contributed by atoms with E-state index in [0.717, 1.165) is 11.5 Å². The number of anilines is 1. The molecule has 0 radical (unpaired) electrons. The van der Waals surface area contributed by atoms with Gasteiger partial charge >= 0.3 is 0 Å². The molecule has 1 aromatic rings. The molecule has 2 fully saturated rings. The Hall–Kier alpha value is -1.16. The maximum Gasteiger partial charge on any atom is 0.223 e. The predicted octanol–water partition coefficient (Wildman–Crippen LogP) is 6.85. The summed E-state index contributed by atoms with van der Waals surface area (Å²) in [5, 5.41) is 3.73. The van der Waals surface area contributed by atoms with Gasteiger partial charge in [0.1, 0.15) is 0 Å². The van der Waals surface area contributed by atoms with Gasteiger partial charge in [-0.05, 0) is 25.7 Å². The van der Waals surface area contributed by atoms with Crippen LogP contribution in [0.25, 0.3) is 0 Å². The molecule has 4 nitrogen and oxygen atoms in total. The molecule has 2 saturated carbocycles. The van der Waals surface area contributed by atoms with Gasteiger partial charge in [0, 0.05) is 30.3 Å². The number of nitrogens with one attached hydrogen (secondary N) is 1. The number of nitrogens with zero attached hydrogens (tertiary/aromatic N) is 2. The number of hydrogen-bond acceptors (Lipinski definition) is 4. The van der Waals surface area contributed by atoms with Crippen LogP contribution in [0.1, 0.15) is 133 Å². The van der Waals surface area contributed by atoms with Crippen molar-refractivity contribution in [2.75, 3.05) is 5.32 Å². The molecule has 0 aromatic carbocycles. The van der Waals surface area contributed by atoms with E-state index in [-0.39, 0.29) is 0 Å². The van der Waals surface area contributed by atoms with E-state index in [0.29, 0.717) is 18.5 Å². The molecule has 29 heavy (non-hydrogen) atoms. The SMILES string of the molecule is NCc1cnc(NC2CCCCCCCCCC2)nc1C1CCCCCCCC1. The van der Waals surface area contributed by atoms with E-state index in [9.17, 15) is 0 Å². The first-order valence-corrected chi connectivity index (χ1v) is 12.7. The molecule has 164 valence electrons. The minimum absolute atomic E-state index is 0.519. The molecule has 1 aromatic heterocycles.